The molecule has 1 aliphatic heterocycles. The van der Waals surface area contributed by atoms with Gasteiger partial charge in [-0.05, 0) is 61.0 Å². The predicted molar refractivity (Wildman–Crippen MR) is 137 cm³/mol. The molecule has 1 aromatic carbocycles. The molecule has 5 rings (SSSR count). The molecule has 182 valence electrons. The molecule has 3 aromatic heterocycles. The number of rotatable bonds is 8. The number of hydrogen-bond donors (Lipinski definition) is 0. The summed E-state index contributed by atoms with van der Waals surface area (Å²) in [5.74, 6) is 0.458. The van der Waals surface area contributed by atoms with Crippen molar-refractivity contribution in [2.75, 3.05) is 18.1 Å². The topological polar surface area (TPSA) is 92.7 Å². The molecule has 0 N–H and O–H groups in total. The van der Waals surface area contributed by atoms with Crippen LogP contribution < -0.4 is 9.64 Å². The number of thiophene rings is 1. The van der Waals surface area contributed by atoms with Gasteiger partial charge in [-0.3, -0.25) is 14.7 Å². The highest BCUT2D eigenvalue weighted by Crippen LogP contribution is 2.35. The van der Waals surface area contributed by atoms with E-state index in [-0.39, 0.29) is 16.7 Å². The number of hydrogen-bond acceptors (Lipinski definition) is 8. The summed E-state index contributed by atoms with van der Waals surface area (Å²) in [7, 11) is -3.76. The van der Waals surface area contributed by atoms with Gasteiger partial charge in [0.1, 0.15) is 16.0 Å². The van der Waals surface area contributed by atoms with Gasteiger partial charge < -0.3 is 4.74 Å². The lowest BCUT2D eigenvalue weighted by atomic mass is 10.2. The molecule has 1 saturated heterocycles. The predicted octanol–water partition coefficient (Wildman–Crippen LogP) is 4.54. The molecule has 0 bridgehead atoms. The van der Waals surface area contributed by atoms with Gasteiger partial charge >= 0.3 is 0 Å². The highest BCUT2D eigenvalue weighted by Gasteiger charge is 2.42. The fraction of sp³-hybridized carbons (Fsp3) is 0.292. The Balaban J connectivity index is 1.52. The Hall–Kier alpha value is -2.86. The van der Waals surface area contributed by atoms with Crippen LogP contribution in [0.5, 0.6) is 5.75 Å². The van der Waals surface area contributed by atoms with E-state index < -0.39 is 16.1 Å². The van der Waals surface area contributed by atoms with Crippen molar-refractivity contribution in [2.45, 2.75) is 36.6 Å². The lowest BCUT2D eigenvalue weighted by Gasteiger charge is -2.28. The minimum atomic E-state index is -3.76. The van der Waals surface area contributed by atoms with Crippen LogP contribution in [-0.4, -0.2) is 47.8 Å². The van der Waals surface area contributed by atoms with Gasteiger partial charge in [0.2, 0.25) is 5.91 Å². The van der Waals surface area contributed by atoms with Gasteiger partial charge in [0.05, 0.1) is 23.4 Å². The van der Waals surface area contributed by atoms with Crippen molar-refractivity contribution < 1.29 is 17.9 Å². The summed E-state index contributed by atoms with van der Waals surface area (Å²) in [5, 5.41) is 2.24. The third-order valence-corrected chi connectivity index (χ3v) is 10.1. The SMILES string of the molecule is CCOc1ccc2nc(N(Cc3cccnc3)C(=O)C3CCCN3S(=O)(=O)c3cccs3)sc2c1. The molecule has 11 heteroatoms. The Morgan fingerprint density at radius 1 is 1.26 bits per heavy atom. The van der Waals surface area contributed by atoms with Gasteiger partial charge in [-0.25, -0.2) is 13.4 Å². The lowest BCUT2D eigenvalue weighted by molar-refractivity contribution is -0.121. The molecule has 4 heterocycles. The third kappa shape index (κ3) is 4.81. The highest BCUT2D eigenvalue weighted by atomic mass is 32.2. The van der Waals surface area contributed by atoms with Crippen molar-refractivity contribution in [2.24, 2.45) is 0 Å². The first-order valence-electron chi connectivity index (χ1n) is 11.3. The zero-order valence-electron chi connectivity index (χ0n) is 19.0. The molecule has 1 atom stereocenters. The second-order valence-corrected chi connectivity index (χ2v) is 12.1. The minimum absolute atomic E-state index is 0.244. The maximum absolute atomic E-state index is 14.0. The van der Waals surface area contributed by atoms with Crippen LogP contribution in [0.2, 0.25) is 0 Å². The normalized spacial score (nSPS) is 16.5. The van der Waals surface area contributed by atoms with Crippen LogP contribution in [0.1, 0.15) is 25.3 Å². The summed E-state index contributed by atoms with van der Waals surface area (Å²) in [4.78, 5) is 24.5. The van der Waals surface area contributed by atoms with E-state index in [1.165, 1.54) is 15.6 Å². The summed E-state index contributed by atoms with van der Waals surface area (Å²) in [5.41, 5.74) is 1.59. The first kappa shape index (κ1) is 23.9. The molecule has 0 radical (unpaired) electrons. The first-order valence-corrected chi connectivity index (χ1v) is 14.4. The van der Waals surface area contributed by atoms with E-state index in [4.69, 9.17) is 9.72 Å². The van der Waals surface area contributed by atoms with Crippen LogP contribution in [-0.2, 0) is 21.4 Å². The van der Waals surface area contributed by atoms with Crippen molar-refractivity contribution in [3.63, 3.8) is 0 Å². The van der Waals surface area contributed by atoms with Crippen molar-refractivity contribution in [1.82, 2.24) is 14.3 Å². The van der Waals surface area contributed by atoms with E-state index in [9.17, 15) is 13.2 Å². The molecule has 1 fully saturated rings. The molecule has 0 aliphatic carbocycles. The summed E-state index contributed by atoms with van der Waals surface area (Å²) in [6.07, 6.45) is 4.47. The van der Waals surface area contributed by atoms with Crippen molar-refractivity contribution in [3.8, 4) is 5.75 Å². The molecule has 1 unspecified atom stereocenters. The smallest absolute Gasteiger partial charge is 0.253 e. The van der Waals surface area contributed by atoms with Gasteiger partial charge in [-0.1, -0.05) is 23.5 Å². The Kier molecular flexibility index (Phi) is 6.83. The Bertz CT molecular complexity index is 1420. The molecule has 0 spiro atoms. The molecule has 1 amide bonds. The van der Waals surface area contributed by atoms with Crippen molar-refractivity contribution in [1.29, 1.82) is 0 Å². The molecule has 4 aromatic rings. The van der Waals surface area contributed by atoms with Crippen LogP contribution in [0.15, 0.2) is 64.4 Å². The lowest BCUT2D eigenvalue weighted by Crippen LogP contribution is -2.47. The number of nitrogens with zero attached hydrogens (tertiary/aromatic N) is 4. The number of sulfonamides is 1. The van der Waals surface area contributed by atoms with E-state index in [1.807, 2.05) is 37.3 Å². The number of benzene rings is 1. The second-order valence-electron chi connectivity index (χ2n) is 8.05. The number of ether oxygens (including phenoxy) is 1. The van der Waals surface area contributed by atoms with E-state index >= 15 is 0 Å². The van der Waals surface area contributed by atoms with Crippen molar-refractivity contribution in [3.05, 3.63) is 65.8 Å². The van der Waals surface area contributed by atoms with E-state index in [1.54, 1.807) is 34.8 Å². The van der Waals surface area contributed by atoms with Crippen LogP contribution in [0.25, 0.3) is 10.2 Å². The van der Waals surface area contributed by atoms with E-state index in [0.29, 0.717) is 31.1 Å². The van der Waals surface area contributed by atoms with Gasteiger partial charge in [0, 0.05) is 18.9 Å². The Morgan fingerprint density at radius 2 is 2.14 bits per heavy atom. The summed E-state index contributed by atoms with van der Waals surface area (Å²) in [6.45, 7) is 3.04. The number of pyridine rings is 1. The number of fused-ring (bicyclic) bond motifs is 1. The average molecular weight is 529 g/mol. The number of anilines is 1. The quantitative estimate of drug-likeness (QED) is 0.333. The van der Waals surface area contributed by atoms with Gasteiger partial charge in [0.15, 0.2) is 5.13 Å². The minimum Gasteiger partial charge on any atom is -0.494 e. The summed E-state index contributed by atoms with van der Waals surface area (Å²) < 4.78 is 34.7. The van der Waals surface area contributed by atoms with E-state index in [2.05, 4.69) is 4.98 Å². The molecule has 1 aliphatic rings. The number of aromatic nitrogens is 2. The fourth-order valence-corrected chi connectivity index (χ4v) is 7.93. The van der Waals surface area contributed by atoms with Crippen molar-refractivity contribution >= 4 is 54.0 Å². The Morgan fingerprint density at radius 3 is 2.89 bits per heavy atom. The maximum atomic E-state index is 14.0. The molecule has 0 saturated carbocycles. The summed E-state index contributed by atoms with van der Waals surface area (Å²) in [6, 6.07) is 11.8. The highest BCUT2D eigenvalue weighted by molar-refractivity contribution is 7.91. The average Bonchev–Trinajstić information content (AvgIpc) is 3.63. The van der Waals surface area contributed by atoms with Crippen LogP contribution >= 0.6 is 22.7 Å². The first-order chi connectivity index (χ1) is 17.0. The van der Waals surface area contributed by atoms with Crippen LogP contribution in [0, 0.1) is 0 Å². The molecular formula is C24H24N4O4S3. The van der Waals surface area contributed by atoms with Crippen LogP contribution in [0.4, 0.5) is 5.13 Å². The number of carbonyl (C=O) groups is 1. The molecular weight excluding hydrogens is 504 g/mol. The zero-order valence-corrected chi connectivity index (χ0v) is 21.5. The standard InChI is InChI=1S/C24H24N4O4S3/c1-2-32-18-9-10-19-21(14-18)34-24(26-19)27(16-17-6-3-11-25-15-17)23(29)20-7-4-12-28(20)35(30,31)22-8-5-13-33-22/h3,5-6,8-11,13-15,20H,2,4,7,12,16H2,1H3. The number of carbonyl (C=O) groups excluding carboxylic acids is 1. The van der Waals surface area contributed by atoms with Gasteiger partial charge in [0.25, 0.3) is 10.0 Å². The Labute approximate surface area is 211 Å². The van der Waals surface area contributed by atoms with Gasteiger partial charge in [-0.2, -0.15) is 4.31 Å². The van der Waals surface area contributed by atoms with Crippen LogP contribution in [0.3, 0.4) is 0 Å². The zero-order chi connectivity index (χ0) is 24.4. The number of amides is 1. The van der Waals surface area contributed by atoms with E-state index in [0.717, 1.165) is 32.9 Å². The largest absolute Gasteiger partial charge is 0.494 e. The monoisotopic (exact) mass is 528 g/mol. The fourth-order valence-electron chi connectivity index (χ4n) is 4.16. The molecule has 8 nitrogen and oxygen atoms in total. The van der Waals surface area contributed by atoms with Gasteiger partial charge in [-0.15, -0.1) is 11.3 Å². The third-order valence-electron chi connectivity index (χ3n) is 5.77. The summed E-state index contributed by atoms with van der Waals surface area (Å²) >= 11 is 2.55. The number of thiazole rings is 1. The molecule has 35 heavy (non-hydrogen) atoms. The second kappa shape index (κ2) is 10.0. The maximum Gasteiger partial charge on any atom is 0.253 e.